The summed E-state index contributed by atoms with van der Waals surface area (Å²) in [6.45, 7) is 0. The maximum atomic E-state index is 11.1. The minimum absolute atomic E-state index is 0.482. The first-order chi connectivity index (χ1) is 5.96. The van der Waals surface area contributed by atoms with Gasteiger partial charge in [-0.1, -0.05) is 0 Å². The molecule has 0 aromatic carbocycles. The molecule has 2 amide bonds. The molecule has 0 atom stereocenters. The van der Waals surface area contributed by atoms with Crippen LogP contribution in [0.3, 0.4) is 0 Å². The van der Waals surface area contributed by atoms with E-state index in [1.54, 1.807) is 14.1 Å². The normalized spacial score (nSPS) is 18.1. The van der Waals surface area contributed by atoms with Crippen LogP contribution in [-0.2, 0) is 4.79 Å². The number of hydrazine groups is 1. The zero-order valence-electron chi connectivity index (χ0n) is 7.63. The Morgan fingerprint density at radius 3 is 2.23 bits per heavy atom. The zero-order chi connectivity index (χ0) is 10.1. The number of aliphatic carboxylic acids is 1. The quantitative estimate of drug-likeness (QED) is 0.514. The predicted octanol–water partition coefficient (Wildman–Crippen LogP) is -0.621. The second kappa shape index (κ2) is 3.21. The van der Waals surface area contributed by atoms with E-state index in [0.29, 0.717) is 12.8 Å². The summed E-state index contributed by atoms with van der Waals surface area (Å²) in [7, 11) is 3.31. The van der Waals surface area contributed by atoms with Crippen LogP contribution >= 0.6 is 0 Å². The lowest BCUT2D eigenvalue weighted by Crippen LogP contribution is -2.51. The van der Waals surface area contributed by atoms with Gasteiger partial charge in [0.05, 0.1) is 0 Å². The predicted molar refractivity (Wildman–Crippen MR) is 45.0 cm³/mol. The smallest absolute Gasteiger partial charge is 0.330 e. The third-order valence-electron chi connectivity index (χ3n) is 1.84. The zero-order valence-corrected chi connectivity index (χ0v) is 7.63. The van der Waals surface area contributed by atoms with Crippen LogP contribution in [0.1, 0.15) is 12.8 Å². The van der Waals surface area contributed by atoms with E-state index in [1.807, 2.05) is 0 Å². The molecule has 0 heterocycles. The van der Waals surface area contributed by atoms with E-state index in [9.17, 15) is 9.59 Å². The molecule has 1 aliphatic carbocycles. The van der Waals surface area contributed by atoms with Gasteiger partial charge in [-0.05, 0) is 12.8 Å². The SMILES string of the molecule is CN(C)NC(=O)NC1(C(=O)O)CC1. The Labute approximate surface area is 75.9 Å². The van der Waals surface area contributed by atoms with Crippen molar-refractivity contribution in [3.63, 3.8) is 0 Å². The third-order valence-corrected chi connectivity index (χ3v) is 1.84. The van der Waals surface area contributed by atoms with Crippen LogP contribution in [0.2, 0.25) is 0 Å². The van der Waals surface area contributed by atoms with E-state index < -0.39 is 17.5 Å². The summed E-state index contributed by atoms with van der Waals surface area (Å²) >= 11 is 0. The molecule has 6 heteroatoms. The summed E-state index contributed by atoms with van der Waals surface area (Å²) in [6, 6.07) is -0.482. The molecule has 3 N–H and O–H groups in total. The molecule has 0 aromatic rings. The highest BCUT2D eigenvalue weighted by molar-refractivity contribution is 5.88. The van der Waals surface area contributed by atoms with Crippen LogP contribution in [0.15, 0.2) is 0 Å². The second-order valence-corrected chi connectivity index (χ2v) is 3.35. The molecule has 74 valence electrons. The number of nitrogens with zero attached hydrogens (tertiary/aromatic N) is 1. The Kier molecular flexibility index (Phi) is 2.42. The summed E-state index contributed by atoms with van der Waals surface area (Å²) in [6.07, 6.45) is 1.01. The number of nitrogens with one attached hydrogen (secondary N) is 2. The molecule has 0 aliphatic heterocycles. The summed E-state index contributed by atoms with van der Waals surface area (Å²) in [5.74, 6) is -0.971. The van der Waals surface area contributed by atoms with Crippen LogP contribution < -0.4 is 10.7 Å². The first kappa shape index (κ1) is 9.79. The van der Waals surface area contributed by atoms with Gasteiger partial charge >= 0.3 is 12.0 Å². The van der Waals surface area contributed by atoms with Crippen molar-refractivity contribution in [2.45, 2.75) is 18.4 Å². The lowest BCUT2D eigenvalue weighted by molar-refractivity contribution is -0.140. The van der Waals surface area contributed by atoms with Crippen molar-refractivity contribution < 1.29 is 14.7 Å². The molecule has 1 rings (SSSR count). The third kappa shape index (κ3) is 2.32. The largest absolute Gasteiger partial charge is 0.480 e. The molecule has 13 heavy (non-hydrogen) atoms. The molecule has 1 aliphatic rings. The molecule has 0 spiro atoms. The average molecular weight is 187 g/mol. The van der Waals surface area contributed by atoms with Gasteiger partial charge in [-0.25, -0.2) is 14.6 Å². The molecular weight excluding hydrogens is 174 g/mol. The highest BCUT2D eigenvalue weighted by Crippen LogP contribution is 2.35. The van der Waals surface area contributed by atoms with Crippen LogP contribution in [-0.4, -0.2) is 41.8 Å². The van der Waals surface area contributed by atoms with Gasteiger partial charge in [0.1, 0.15) is 5.54 Å². The standard InChI is InChI=1S/C7H13N3O3/c1-10(2)9-6(13)8-7(3-4-7)5(11)12/h3-4H2,1-2H3,(H,11,12)(H2,8,9,13). The lowest BCUT2D eigenvalue weighted by Gasteiger charge is -2.16. The average Bonchev–Trinajstić information content (AvgIpc) is 2.66. The number of hydrogen-bond donors (Lipinski definition) is 3. The lowest BCUT2D eigenvalue weighted by atomic mass is 10.3. The minimum Gasteiger partial charge on any atom is -0.480 e. The van der Waals surface area contributed by atoms with Crippen molar-refractivity contribution in [1.82, 2.24) is 15.8 Å². The van der Waals surface area contributed by atoms with Gasteiger partial charge in [-0.3, -0.25) is 5.43 Å². The van der Waals surface area contributed by atoms with Gasteiger partial charge in [-0.2, -0.15) is 0 Å². The number of carboxylic acids is 1. The highest BCUT2D eigenvalue weighted by Gasteiger charge is 2.51. The fourth-order valence-electron chi connectivity index (χ4n) is 0.966. The van der Waals surface area contributed by atoms with Crippen molar-refractivity contribution >= 4 is 12.0 Å². The maximum absolute atomic E-state index is 11.1. The first-order valence-electron chi connectivity index (χ1n) is 3.96. The minimum atomic E-state index is -1.01. The monoisotopic (exact) mass is 187 g/mol. The summed E-state index contributed by atoms with van der Waals surface area (Å²) in [5.41, 5.74) is 1.40. The molecule has 0 radical (unpaired) electrons. The van der Waals surface area contributed by atoms with Crippen LogP contribution in [0.25, 0.3) is 0 Å². The molecule has 0 bridgehead atoms. The van der Waals surface area contributed by atoms with E-state index >= 15 is 0 Å². The Morgan fingerprint density at radius 2 is 1.92 bits per heavy atom. The Balaban J connectivity index is 2.40. The number of carbonyl (C=O) groups is 2. The fraction of sp³-hybridized carbons (Fsp3) is 0.714. The van der Waals surface area contributed by atoms with Gasteiger partial charge in [-0.15, -0.1) is 0 Å². The van der Waals surface area contributed by atoms with Crippen molar-refractivity contribution in [2.75, 3.05) is 14.1 Å². The number of carbonyl (C=O) groups excluding carboxylic acids is 1. The van der Waals surface area contributed by atoms with Crippen LogP contribution in [0.5, 0.6) is 0 Å². The molecule has 0 aromatic heterocycles. The summed E-state index contributed by atoms with van der Waals surface area (Å²) in [4.78, 5) is 21.7. The number of carboxylic acid groups (broad SMARTS) is 1. The van der Waals surface area contributed by atoms with Crippen LogP contribution in [0, 0.1) is 0 Å². The van der Waals surface area contributed by atoms with E-state index in [4.69, 9.17) is 5.11 Å². The van der Waals surface area contributed by atoms with Gasteiger partial charge in [0, 0.05) is 14.1 Å². The van der Waals surface area contributed by atoms with E-state index in [2.05, 4.69) is 10.7 Å². The van der Waals surface area contributed by atoms with E-state index in [-0.39, 0.29) is 0 Å². The molecular formula is C7H13N3O3. The number of amides is 2. The Hall–Kier alpha value is -1.30. The number of hydrogen-bond acceptors (Lipinski definition) is 3. The fourth-order valence-corrected chi connectivity index (χ4v) is 0.966. The van der Waals surface area contributed by atoms with Gasteiger partial charge in [0.25, 0.3) is 0 Å². The van der Waals surface area contributed by atoms with Gasteiger partial charge < -0.3 is 10.4 Å². The van der Waals surface area contributed by atoms with Crippen LogP contribution in [0.4, 0.5) is 4.79 Å². The van der Waals surface area contributed by atoms with Crippen molar-refractivity contribution in [3.8, 4) is 0 Å². The Bertz CT molecular complexity index is 235. The number of rotatable bonds is 3. The van der Waals surface area contributed by atoms with Gasteiger partial charge in [0.15, 0.2) is 0 Å². The highest BCUT2D eigenvalue weighted by atomic mass is 16.4. The topological polar surface area (TPSA) is 81.7 Å². The summed E-state index contributed by atoms with van der Waals surface area (Å²) < 4.78 is 0. The second-order valence-electron chi connectivity index (χ2n) is 3.35. The maximum Gasteiger partial charge on any atom is 0.330 e. The summed E-state index contributed by atoms with van der Waals surface area (Å²) in [5, 5.41) is 12.6. The van der Waals surface area contributed by atoms with E-state index in [0.717, 1.165) is 0 Å². The molecule has 0 unspecified atom stereocenters. The molecule has 0 saturated heterocycles. The van der Waals surface area contributed by atoms with Crippen molar-refractivity contribution in [1.29, 1.82) is 0 Å². The van der Waals surface area contributed by atoms with Crippen molar-refractivity contribution in [2.24, 2.45) is 0 Å². The molecule has 1 fully saturated rings. The van der Waals surface area contributed by atoms with E-state index in [1.165, 1.54) is 5.01 Å². The molecule has 1 saturated carbocycles. The first-order valence-corrected chi connectivity index (χ1v) is 3.96. The number of urea groups is 1. The van der Waals surface area contributed by atoms with Crippen molar-refractivity contribution in [3.05, 3.63) is 0 Å². The Morgan fingerprint density at radius 1 is 1.38 bits per heavy atom. The van der Waals surface area contributed by atoms with Gasteiger partial charge in [0.2, 0.25) is 0 Å². The molecule has 6 nitrogen and oxygen atoms in total.